The van der Waals surface area contributed by atoms with E-state index >= 15 is 0 Å². The average Bonchev–Trinajstić information content (AvgIpc) is 3.50. The zero-order valence-electron chi connectivity index (χ0n) is 18.0. The minimum Gasteiger partial charge on any atom is -0.444 e. The summed E-state index contributed by atoms with van der Waals surface area (Å²) < 4.78 is 5.24. The van der Waals surface area contributed by atoms with Crippen molar-refractivity contribution in [3.05, 3.63) is 95.6 Å². The number of carbonyl (C=O) groups excluding carboxylic acids is 2. The van der Waals surface area contributed by atoms with Crippen LogP contribution in [0.3, 0.4) is 0 Å². The molecule has 164 valence electrons. The molecule has 32 heavy (non-hydrogen) atoms. The van der Waals surface area contributed by atoms with E-state index in [1.165, 1.54) is 0 Å². The summed E-state index contributed by atoms with van der Waals surface area (Å²) in [4.78, 5) is 25.0. The lowest BCUT2D eigenvalue weighted by Crippen LogP contribution is -2.23. The molecule has 1 aliphatic carbocycles. The fraction of sp³-hybridized carbons (Fsp3) is 0.231. The number of benzene rings is 3. The molecule has 0 aliphatic heterocycles. The number of hydrogen-bond donors (Lipinski definition) is 3. The lowest BCUT2D eigenvalue weighted by molar-refractivity contribution is 0.102. The highest BCUT2D eigenvalue weighted by Gasteiger charge is 2.50. The van der Waals surface area contributed by atoms with E-state index in [2.05, 4.69) is 17.6 Å². The first-order valence-corrected chi connectivity index (χ1v) is 10.8. The van der Waals surface area contributed by atoms with Crippen LogP contribution in [0.5, 0.6) is 0 Å². The first kappa shape index (κ1) is 21.6. The molecule has 4 rings (SSSR count). The Labute approximate surface area is 187 Å². The van der Waals surface area contributed by atoms with Gasteiger partial charge in [-0.1, -0.05) is 61.5 Å². The zero-order chi connectivity index (χ0) is 22.6. The molecule has 0 spiro atoms. The SMILES string of the molecule is CCC1(N)CC1c1ccccc1NC(=O)c1cccc(NC(=O)OCc2ccccc2)c1. The van der Waals surface area contributed by atoms with Crippen LogP contribution in [0.15, 0.2) is 78.9 Å². The summed E-state index contributed by atoms with van der Waals surface area (Å²) in [6.07, 6.45) is 1.24. The van der Waals surface area contributed by atoms with Crippen LogP contribution in [0.2, 0.25) is 0 Å². The van der Waals surface area contributed by atoms with E-state index in [4.69, 9.17) is 10.5 Å². The highest BCUT2D eigenvalue weighted by atomic mass is 16.5. The summed E-state index contributed by atoms with van der Waals surface area (Å²) in [5.74, 6) is -0.00471. The molecule has 2 unspecified atom stereocenters. The van der Waals surface area contributed by atoms with Gasteiger partial charge in [-0.25, -0.2) is 4.79 Å². The molecule has 0 saturated heterocycles. The second-order valence-corrected chi connectivity index (χ2v) is 8.15. The van der Waals surface area contributed by atoms with Gasteiger partial charge < -0.3 is 15.8 Å². The third-order valence-electron chi connectivity index (χ3n) is 5.94. The van der Waals surface area contributed by atoms with Crippen molar-refractivity contribution >= 4 is 23.4 Å². The second-order valence-electron chi connectivity index (χ2n) is 8.15. The lowest BCUT2D eigenvalue weighted by Gasteiger charge is -2.14. The molecule has 1 aliphatic rings. The third kappa shape index (κ3) is 4.98. The maximum Gasteiger partial charge on any atom is 0.411 e. The summed E-state index contributed by atoms with van der Waals surface area (Å²) in [6.45, 7) is 2.26. The molecule has 0 radical (unpaired) electrons. The summed E-state index contributed by atoms with van der Waals surface area (Å²) >= 11 is 0. The molecule has 6 nitrogen and oxygen atoms in total. The Kier molecular flexibility index (Phi) is 6.23. The third-order valence-corrected chi connectivity index (χ3v) is 5.94. The number of anilines is 2. The van der Waals surface area contributed by atoms with E-state index in [1.54, 1.807) is 24.3 Å². The van der Waals surface area contributed by atoms with Gasteiger partial charge in [-0.3, -0.25) is 10.1 Å². The molecule has 6 heteroatoms. The minimum atomic E-state index is -0.579. The molecule has 0 aromatic heterocycles. The predicted molar refractivity (Wildman–Crippen MR) is 126 cm³/mol. The van der Waals surface area contributed by atoms with Crippen molar-refractivity contribution in [1.29, 1.82) is 0 Å². The molecular formula is C26H27N3O3. The zero-order valence-corrected chi connectivity index (χ0v) is 18.0. The van der Waals surface area contributed by atoms with Gasteiger partial charge in [-0.2, -0.15) is 0 Å². The highest BCUT2D eigenvalue weighted by Crippen LogP contribution is 2.53. The molecule has 3 aromatic rings. The number of nitrogens with one attached hydrogen (secondary N) is 2. The quantitative estimate of drug-likeness (QED) is 0.476. The largest absolute Gasteiger partial charge is 0.444 e. The maximum atomic E-state index is 12.9. The Balaban J connectivity index is 1.39. The van der Waals surface area contributed by atoms with E-state index in [0.717, 1.165) is 29.7 Å². The van der Waals surface area contributed by atoms with Crippen LogP contribution in [0.25, 0.3) is 0 Å². The maximum absolute atomic E-state index is 12.9. The predicted octanol–water partition coefficient (Wildman–Crippen LogP) is 5.28. The van der Waals surface area contributed by atoms with Crippen molar-refractivity contribution in [3.63, 3.8) is 0 Å². The fourth-order valence-electron chi connectivity index (χ4n) is 3.86. The Morgan fingerprint density at radius 3 is 2.50 bits per heavy atom. The summed E-state index contributed by atoms with van der Waals surface area (Å²) in [7, 11) is 0. The summed E-state index contributed by atoms with van der Waals surface area (Å²) in [6, 6.07) is 24.0. The van der Waals surface area contributed by atoms with Crippen LogP contribution in [0.4, 0.5) is 16.2 Å². The molecule has 0 bridgehead atoms. The number of amides is 2. The van der Waals surface area contributed by atoms with Crippen molar-refractivity contribution < 1.29 is 14.3 Å². The highest BCUT2D eigenvalue weighted by molar-refractivity contribution is 6.05. The first-order chi connectivity index (χ1) is 15.5. The van der Waals surface area contributed by atoms with Crippen molar-refractivity contribution in [2.45, 2.75) is 37.8 Å². The topological polar surface area (TPSA) is 93.5 Å². The molecule has 4 N–H and O–H groups in total. The lowest BCUT2D eigenvalue weighted by atomic mass is 10.0. The van der Waals surface area contributed by atoms with Gasteiger partial charge in [-0.05, 0) is 48.2 Å². The molecular weight excluding hydrogens is 402 g/mol. The van der Waals surface area contributed by atoms with Gasteiger partial charge in [-0.15, -0.1) is 0 Å². The van der Waals surface area contributed by atoms with Crippen LogP contribution in [-0.2, 0) is 11.3 Å². The van der Waals surface area contributed by atoms with Gasteiger partial charge >= 0.3 is 6.09 Å². The van der Waals surface area contributed by atoms with Gasteiger partial charge in [0.2, 0.25) is 0 Å². The number of para-hydroxylation sites is 1. The second kappa shape index (κ2) is 9.24. The standard InChI is InChI=1S/C26H27N3O3/c1-2-26(27)16-22(26)21-13-6-7-14-23(21)29-24(30)19-11-8-12-20(15-19)28-25(31)32-17-18-9-4-3-5-10-18/h3-15,22H,2,16-17,27H2,1H3,(H,28,31)(H,29,30). The van der Waals surface area contributed by atoms with Crippen LogP contribution >= 0.6 is 0 Å². The minimum absolute atomic E-state index is 0.172. The van der Waals surface area contributed by atoms with Crippen molar-refractivity contribution in [1.82, 2.24) is 0 Å². The van der Waals surface area contributed by atoms with E-state index < -0.39 is 6.09 Å². The normalized spacial score (nSPS) is 19.1. The Morgan fingerprint density at radius 2 is 1.75 bits per heavy atom. The molecule has 3 aromatic carbocycles. The Morgan fingerprint density at radius 1 is 1.00 bits per heavy atom. The van der Waals surface area contributed by atoms with E-state index in [1.807, 2.05) is 54.6 Å². The molecule has 2 atom stereocenters. The van der Waals surface area contributed by atoms with Gasteiger partial charge in [0.25, 0.3) is 5.91 Å². The monoisotopic (exact) mass is 429 g/mol. The molecule has 1 fully saturated rings. The Hall–Kier alpha value is -3.64. The van der Waals surface area contributed by atoms with Crippen LogP contribution in [-0.4, -0.2) is 17.5 Å². The fourth-order valence-corrected chi connectivity index (χ4v) is 3.86. The van der Waals surface area contributed by atoms with Crippen LogP contribution in [0, 0.1) is 0 Å². The Bertz CT molecular complexity index is 1120. The number of rotatable bonds is 7. The summed E-state index contributed by atoms with van der Waals surface area (Å²) in [5, 5.41) is 5.67. The van der Waals surface area contributed by atoms with Crippen molar-refractivity contribution in [3.8, 4) is 0 Å². The molecule has 2 amide bonds. The van der Waals surface area contributed by atoms with Crippen molar-refractivity contribution in [2.75, 3.05) is 10.6 Å². The number of carbonyl (C=O) groups is 2. The first-order valence-electron chi connectivity index (χ1n) is 10.8. The number of nitrogens with two attached hydrogens (primary N) is 1. The van der Waals surface area contributed by atoms with E-state index in [9.17, 15) is 9.59 Å². The van der Waals surface area contributed by atoms with Gasteiger partial charge in [0.05, 0.1) is 0 Å². The van der Waals surface area contributed by atoms with Gasteiger partial charge in [0.1, 0.15) is 6.61 Å². The summed E-state index contributed by atoms with van der Waals surface area (Å²) in [5.41, 5.74) is 9.85. The van der Waals surface area contributed by atoms with Crippen LogP contribution in [0.1, 0.15) is 47.2 Å². The molecule has 0 heterocycles. The molecule has 1 saturated carbocycles. The van der Waals surface area contributed by atoms with Gasteiger partial charge in [0.15, 0.2) is 0 Å². The van der Waals surface area contributed by atoms with E-state index in [-0.39, 0.29) is 24.0 Å². The van der Waals surface area contributed by atoms with Crippen LogP contribution < -0.4 is 16.4 Å². The van der Waals surface area contributed by atoms with Crippen molar-refractivity contribution in [2.24, 2.45) is 5.73 Å². The smallest absolute Gasteiger partial charge is 0.411 e. The van der Waals surface area contributed by atoms with E-state index in [0.29, 0.717) is 11.3 Å². The number of hydrogen-bond acceptors (Lipinski definition) is 4. The van der Waals surface area contributed by atoms with Gasteiger partial charge in [0, 0.05) is 28.4 Å². The number of ether oxygens (including phenoxy) is 1. The average molecular weight is 430 g/mol.